The topological polar surface area (TPSA) is 73.9 Å². The molecule has 0 bridgehead atoms. The number of carbonyl (C=O) groups excluding carboxylic acids is 2. The molecule has 0 aliphatic carbocycles. The summed E-state index contributed by atoms with van der Waals surface area (Å²) < 4.78 is 17.5. The van der Waals surface area contributed by atoms with E-state index in [-0.39, 0.29) is 12.5 Å². The van der Waals surface area contributed by atoms with E-state index in [1.807, 2.05) is 47.8 Å². The van der Waals surface area contributed by atoms with Gasteiger partial charge >= 0.3 is 5.97 Å². The van der Waals surface area contributed by atoms with Crippen molar-refractivity contribution in [1.82, 2.24) is 0 Å². The van der Waals surface area contributed by atoms with Crippen LogP contribution in [0.15, 0.2) is 58.4 Å². The third-order valence-electron chi connectivity index (χ3n) is 5.23. The van der Waals surface area contributed by atoms with Gasteiger partial charge < -0.3 is 19.5 Å². The first-order chi connectivity index (χ1) is 17.3. The van der Waals surface area contributed by atoms with Crippen molar-refractivity contribution in [2.45, 2.75) is 27.2 Å². The fourth-order valence-corrected chi connectivity index (χ4v) is 4.56. The Balaban J connectivity index is 1.76. The number of amides is 1. The number of ether oxygens (including phenoxy) is 3. The lowest BCUT2D eigenvalue weighted by molar-refractivity contribution is -0.111. The summed E-state index contributed by atoms with van der Waals surface area (Å²) in [5.41, 5.74) is 2.69. The Morgan fingerprint density at radius 1 is 1.11 bits per heavy atom. The van der Waals surface area contributed by atoms with Crippen LogP contribution in [-0.2, 0) is 9.53 Å². The monoisotopic (exact) mass is 571 g/mol. The van der Waals surface area contributed by atoms with Gasteiger partial charge in [-0.2, -0.15) is 0 Å². The summed E-state index contributed by atoms with van der Waals surface area (Å²) in [5, 5.41) is 5.11. The molecule has 0 spiro atoms. The van der Waals surface area contributed by atoms with Crippen LogP contribution in [0.2, 0.25) is 0 Å². The molecule has 6 nitrogen and oxygen atoms in total. The predicted octanol–water partition coefficient (Wildman–Crippen LogP) is 7.44. The van der Waals surface area contributed by atoms with Gasteiger partial charge in [0.05, 0.1) is 20.3 Å². The van der Waals surface area contributed by atoms with Crippen LogP contribution in [0.4, 0.5) is 5.00 Å². The molecule has 0 radical (unpaired) electrons. The van der Waals surface area contributed by atoms with Crippen molar-refractivity contribution in [2.24, 2.45) is 5.92 Å². The van der Waals surface area contributed by atoms with Crippen LogP contribution in [-0.4, -0.2) is 32.2 Å². The highest BCUT2D eigenvalue weighted by molar-refractivity contribution is 9.10. The van der Waals surface area contributed by atoms with Crippen molar-refractivity contribution in [3.05, 3.63) is 69.5 Å². The molecule has 1 aromatic heterocycles. The lowest BCUT2D eigenvalue weighted by atomic mass is 10.0. The molecular formula is C28H30BrNO5S. The number of anilines is 1. The van der Waals surface area contributed by atoms with E-state index in [4.69, 9.17) is 14.2 Å². The largest absolute Gasteiger partial charge is 0.493 e. The number of thiophene rings is 1. The number of esters is 1. The smallest absolute Gasteiger partial charge is 0.341 e. The molecule has 1 N–H and O–H groups in total. The SMILES string of the molecule is CCOC(=O)c1c(-c2ccc(Br)cc2)csc1NC(=O)/C=C/c1ccc(OCCC(C)C)c(OC)c1. The zero-order chi connectivity index (χ0) is 26.1. The molecule has 1 heterocycles. The molecule has 0 saturated heterocycles. The summed E-state index contributed by atoms with van der Waals surface area (Å²) in [6, 6.07) is 13.1. The zero-order valence-corrected chi connectivity index (χ0v) is 23.2. The molecule has 0 aliphatic heterocycles. The molecular weight excluding hydrogens is 542 g/mol. The minimum Gasteiger partial charge on any atom is -0.493 e. The van der Waals surface area contributed by atoms with Gasteiger partial charge in [-0.15, -0.1) is 11.3 Å². The van der Waals surface area contributed by atoms with Gasteiger partial charge in [-0.25, -0.2) is 4.79 Å². The highest BCUT2D eigenvalue weighted by Crippen LogP contribution is 2.37. The van der Waals surface area contributed by atoms with Gasteiger partial charge in [-0.3, -0.25) is 4.79 Å². The summed E-state index contributed by atoms with van der Waals surface area (Å²) in [5.74, 6) is 0.978. The van der Waals surface area contributed by atoms with Crippen LogP contribution in [0.5, 0.6) is 11.5 Å². The van der Waals surface area contributed by atoms with Crippen LogP contribution in [0, 0.1) is 5.92 Å². The summed E-state index contributed by atoms with van der Waals surface area (Å²) >= 11 is 4.71. The summed E-state index contributed by atoms with van der Waals surface area (Å²) in [4.78, 5) is 25.5. The number of halogens is 1. The summed E-state index contributed by atoms with van der Waals surface area (Å²) in [7, 11) is 1.58. The van der Waals surface area contributed by atoms with E-state index in [1.165, 1.54) is 17.4 Å². The van der Waals surface area contributed by atoms with Crippen LogP contribution >= 0.6 is 27.3 Å². The number of hydrogen-bond donors (Lipinski definition) is 1. The molecule has 2 aromatic carbocycles. The minimum absolute atomic E-state index is 0.237. The lowest BCUT2D eigenvalue weighted by Crippen LogP contribution is -2.12. The van der Waals surface area contributed by atoms with Crippen LogP contribution in [0.1, 0.15) is 43.1 Å². The number of nitrogens with one attached hydrogen (secondary N) is 1. The quantitative estimate of drug-likeness (QED) is 0.191. The average Bonchev–Trinajstić information content (AvgIpc) is 3.27. The van der Waals surface area contributed by atoms with Crippen molar-refractivity contribution in [1.29, 1.82) is 0 Å². The Morgan fingerprint density at radius 2 is 1.86 bits per heavy atom. The Hall–Kier alpha value is -3.10. The molecule has 3 rings (SSSR count). The van der Waals surface area contributed by atoms with Gasteiger partial charge in [0.15, 0.2) is 11.5 Å². The predicted molar refractivity (Wildman–Crippen MR) is 149 cm³/mol. The van der Waals surface area contributed by atoms with E-state index in [2.05, 4.69) is 35.1 Å². The fraction of sp³-hybridized carbons (Fsp3) is 0.286. The standard InChI is InChI=1S/C28H30BrNO5S/c1-5-34-28(32)26-22(20-8-10-21(29)11-9-20)17-36-27(26)30-25(31)13-7-19-6-12-23(24(16-19)33-4)35-15-14-18(2)3/h6-13,16-18H,5,14-15H2,1-4H3,(H,30,31)/b13-7+. The van der Waals surface area contributed by atoms with Gasteiger partial charge in [0, 0.05) is 21.5 Å². The second kappa shape index (κ2) is 13.3. The fourth-order valence-electron chi connectivity index (χ4n) is 3.33. The van der Waals surface area contributed by atoms with E-state index < -0.39 is 5.97 Å². The Morgan fingerprint density at radius 3 is 2.53 bits per heavy atom. The second-order valence-corrected chi connectivity index (χ2v) is 10.1. The first kappa shape index (κ1) is 27.5. The van der Waals surface area contributed by atoms with E-state index >= 15 is 0 Å². The molecule has 1 amide bonds. The number of hydrogen-bond acceptors (Lipinski definition) is 6. The molecule has 0 unspecified atom stereocenters. The molecule has 36 heavy (non-hydrogen) atoms. The number of carbonyl (C=O) groups is 2. The Bertz CT molecular complexity index is 1220. The normalized spacial score (nSPS) is 11.1. The summed E-state index contributed by atoms with van der Waals surface area (Å²) in [6.45, 7) is 6.89. The van der Waals surface area contributed by atoms with Gasteiger partial charge in [-0.1, -0.05) is 48.0 Å². The van der Waals surface area contributed by atoms with Crippen molar-refractivity contribution in [2.75, 3.05) is 25.6 Å². The molecule has 0 aliphatic rings. The number of rotatable bonds is 11. The number of benzene rings is 2. The number of methoxy groups -OCH3 is 1. The van der Waals surface area contributed by atoms with Gasteiger partial charge in [0.1, 0.15) is 10.6 Å². The maximum Gasteiger partial charge on any atom is 0.341 e. The van der Waals surface area contributed by atoms with E-state index in [9.17, 15) is 9.59 Å². The van der Waals surface area contributed by atoms with Gasteiger partial charge in [0.2, 0.25) is 5.91 Å². The van der Waals surface area contributed by atoms with Crippen LogP contribution in [0.3, 0.4) is 0 Å². The second-order valence-electron chi connectivity index (χ2n) is 8.34. The van der Waals surface area contributed by atoms with Gasteiger partial charge in [0.25, 0.3) is 0 Å². The highest BCUT2D eigenvalue weighted by atomic mass is 79.9. The molecule has 190 valence electrons. The average molecular weight is 573 g/mol. The highest BCUT2D eigenvalue weighted by Gasteiger charge is 2.22. The summed E-state index contributed by atoms with van der Waals surface area (Å²) in [6.07, 6.45) is 4.05. The van der Waals surface area contributed by atoms with Crippen molar-refractivity contribution >= 4 is 50.2 Å². The van der Waals surface area contributed by atoms with E-state index in [1.54, 1.807) is 20.1 Å². The first-order valence-electron chi connectivity index (χ1n) is 11.7. The van der Waals surface area contributed by atoms with Crippen molar-refractivity contribution in [3.8, 4) is 22.6 Å². The molecule has 0 atom stereocenters. The van der Waals surface area contributed by atoms with E-state index in [0.717, 1.165) is 22.0 Å². The first-order valence-corrected chi connectivity index (χ1v) is 13.3. The molecule has 0 fully saturated rings. The third kappa shape index (κ3) is 7.45. The van der Waals surface area contributed by atoms with Crippen LogP contribution < -0.4 is 14.8 Å². The molecule has 3 aromatic rings. The van der Waals surface area contributed by atoms with Crippen LogP contribution in [0.25, 0.3) is 17.2 Å². The van der Waals surface area contributed by atoms with Crippen molar-refractivity contribution in [3.63, 3.8) is 0 Å². The zero-order valence-electron chi connectivity index (χ0n) is 20.8. The lowest BCUT2D eigenvalue weighted by Gasteiger charge is -2.12. The Kier molecular flexibility index (Phi) is 10.1. The Labute approximate surface area is 224 Å². The van der Waals surface area contributed by atoms with E-state index in [0.29, 0.717) is 40.2 Å². The minimum atomic E-state index is -0.478. The maximum absolute atomic E-state index is 12.7. The maximum atomic E-state index is 12.7. The molecule has 0 saturated carbocycles. The van der Waals surface area contributed by atoms with Crippen molar-refractivity contribution < 1.29 is 23.8 Å². The molecule has 8 heteroatoms. The van der Waals surface area contributed by atoms with Gasteiger partial charge in [-0.05, 0) is 60.7 Å². The third-order valence-corrected chi connectivity index (χ3v) is 6.65.